The van der Waals surface area contributed by atoms with E-state index in [1.165, 1.54) is 7.05 Å². The Morgan fingerprint density at radius 3 is 2.31 bits per heavy atom. The lowest BCUT2D eigenvalue weighted by molar-refractivity contribution is 0.593. The van der Waals surface area contributed by atoms with Gasteiger partial charge in [-0.1, -0.05) is 19.1 Å². The molecule has 5 nitrogen and oxygen atoms in total. The van der Waals surface area contributed by atoms with Gasteiger partial charge in [0.25, 0.3) is 10.2 Å². The summed E-state index contributed by atoms with van der Waals surface area (Å²) < 4.78 is 27.0. The number of benzene rings is 1. The molecule has 16 heavy (non-hydrogen) atoms. The van der Waals surface area contributed by atoms with Crippen LogP contribution in [0, 0.1) is 0 Å². The van der Waals surface area contributed by atoms with Gasteiger partial charge >= 0.3 is 0 Å². The summed E-state index contributed by atoms with van der Waals surface area (Å²) in [7, 11) is -2.05. The Balaban J connectivity index is 2.65. The average Bonchev–Trinajstić information content (AvgIpc) is 2.28. The van der Waals surface area contributed by atoms with E-state index in [9.17, 15) is 8.42 Å². The quantitative estimate of drug-likeness (QED) is 0.688. The zero-order chi connectivity index (χ0) is 12.0. The van der Waals surface area contributed by atoms with Crippen LogP contribution in [0.3, 0.4) is 0 Å². The number of hydrogen-bond acceptors (Lipinski definition) is 3. The summed E-state index contributed by atoms with van der Waals surface area (Å²) in [5, 5.41) is 3.19. The summed E-state index contributed by atoms with van der Waals surface area (Å²) in [4.78, 5) is 0. The van der Waals surface area contributed by atoms with Crippen LogP contribution in [0.1, 0.15) is 12.5 Å². The summed E-state index contributed by atoms with van der Waals surface area (Å²) in [6.45, 7) is 3.74. The van der Waals surface area contributed by atoms with Crippen molar-refractivity contribution in [1.29, 1.82) is 0 Å². The van der Waals surface area contributed by atoms with Crippen molar-refractivity contribution >= 4 is 15.9 Å². The lowest BCUT2D eigenvalue weighted by Gasteiger charge is -2.07. The molecule has 0 saturated heterocycles. The van der Waals surface area contributed by atoms with Gasteiger partial charge in [0.1, 0.15) is 0 Å². The highest BCUT2D eigenvalue weighted by Crippen LogP contribution is 2.10. The maximum absolute atomic E-state index is 11.2. The van der Waals surface area contributed by atoms with E-state index in [1.807, 2.05) is 19.1 Å². The fourth-order valence-electron chi connectivity index (χ4n) is 1.17. The Hall–Kier alpha value is -1.11. The third kappa shape index (κ3) is 4.18. The van der Waals surface area contributed by atoms with E-state index in [4.69, 9.17) is 0 Å². The number of hydrogen-bond donors (Lipinski definition) is 3. The van der Waals surface area contributed by atoms with Crippen molar-refractivity contribution in [2.24, 2.45) is 0 Å². The Morgan fingerprint density at radius 1 is 1.19 bits per heavy atom. The number of anilines is 1. The minimum absolute atomic E-state index is 0.551. The summed E-state index contributed by atoms with van der Waals surface area (Å²) >= 11 is 0. The van der Waals surface area contributed by atoms with Crippen molar-refractivity contribution in [3.8, 4) is 0 Å². The summed E-state index contributed by atoms with van der Waals surface area (Å²) in [5.74, 6) is 0. The molecule has 0 aliphatic heterocycles. The van der Waals surface area contributed by atoms with Crippen molar-refractivity contribution in [1.82, 2.24) is 10.0 Å². The van der Waals surface area contributed by atoms with Gasteiger partial charge in [0.2, 0.25) is 0 Å². The first-order valence-corrected chi connectivity index (χ1v) is 6.56. The van der Waals surface area contributed by atoms with E-state index in [-0.39, 0.29) is 0 Å². The molecule has 0 aliphatic carbocycles. The molecule has 0 bridgehead atoms. The smallest absolute Gasteiger partial charge is 0.298 e. The van der Waals surface area contributed by atoms with Gasteiger partial charge in [-0.15, -0.1) is 0 Å². The van der Waals surface area contributed by atoms with Crippen LogP contribution in [-0.2, 0) is 16.8 Å². The van der Waals surface area contributed by atoms with Crippen LogP contribution in [0.5, 0.6) is 0 Å². The van der Waals surface area contributed by atoms with Crippen LogP contribution in [0.2, 0.25) is 0 Å². The highest BCUT2D eigenvalue weighted by molar-refractivity contribution is 7.90. The van der Waals surface area contributed by atoms with Crippen LogP contribution in [0.15, 0.2) is 24.3 Å². The van der Waals surface area contributed by atoms with E-state index in [2.05, 4.69) is 14.8 Å². The Morgan fingerprint density at radius 2 is 1.81 bits per heavy atom. The molecule has 90 valence electrons. The van der Waals surface area contributed by atoms with E-state index < -0.39 is 10.2 Å². The molecule has 0 spiro atoms. The van der Waals surface area contributed by atoms with Gasteiger partial charge in [-0.2, -0.15) is 8.42 Å². The second kappa shape index (κ2) is 5.83. The molecule has 0 fully saturated rings. The SMILES string of the molecule is CCNCc1ccc(NS(=O)(=O)NC)cc1. The second-order valence-corrected chi connectivity index (χ2v) is 4.91. The first-order valence-electron chi connectivity index (χ1n) is 5.08. The third-order valence-electron chi connectivity index (χ3n) is 2.05. The fourth-order valence-corrected chi connectivity index (χ4v) is 1.71. The molecule has 1 aromatic rings. The van der Waals surface area contributed by atoms with Crippen LogP contribution < -0.4 is 14.8 Å². The average molecular weight is 243 g/mol. The van der Waals surface area contributed by atoms with Crippen LogP contribution in [0.25, 0.3) is 0 Å². The van der Waals surface area contributed by atoms with Gasteiger partial charge in [0, 0.05) is 19.3 Å². The molecule has 0 aliphatic rings. The molecule has 0 amide bonds. The molecule has 0 saturated carbocycles. The van der Waals surface area contributed by atoms with Crippen molar-refractivity contribution < 1.29 is 8.42 Å². The van der Waals surface area contributed by atoms with Gasteiger partial charge in [-0.25, -0.2) is 4.72 Å². The lowest BCUT2D eigenvalue weighted by Crippen LogP contribution is -2.26. The van der Waals surface area contributed by atoms with Crippen molar-refractivity contribution in [2.75, 3.05) is 18.3 Å². The third-order valence-corrected chi connectivity index (χ3v) is 3.10. The standard InChI is InChI=1S/C10H17N3O2S/c1-3-12-8-9-4-6-10(7-5-9)13-16(14,15)11-2/h4-7,11-13H,3,8H2,1-2H3. The van der Waals surface area contributed by atoms with Gasteiger partial charge < -0.3 is 5.32 Å². The zero-order valence-corrected chi connectivity index (χ0v) is 10.3. The zero-order valence-electron chi connectivity index (χ0n) is 9.45. The normalized spacial score (nSPS) is 11.4. The minimum atomic E-state index is -3.42. The Kier molecular flexibility index (Phi) is 4.72. The van der Waals surface area contributed by atoms with Crippen molar-refractivity contribution in [3.05, 3.63) is 29.8 Å². The molecular formula is C10H17N3O2S. The minimum Gasteiger partial charge on any atom is -0.313 e. The molecule has 6 heteroatoms. The predicted octanol–water partition coefficient (Wildman–Crippen LogP) is 0.672. The molecule has 0 unspecified atom stereocenters. The fraction of sp³-hybridized carbons (Fsp3) is 0.400. The predicted molar refractivity (Wildman–Crippen MR) is 65.4 cm³/mol. The molecule has 1 rings (SSSR count). The van der Waals surface area contributed by atoms with E-state index in [0.717, 1.165) is 18.7 Å². The van der Waals surface area contributed by atoms with Gasteiger partial charge in [-0.05, 0) is 24.2 Å². The number of rotatable bonds is 6. The monoisotopic (exact) mass is 243 g/mol. The summed E-state index contributed by atoms with van der Waals surface area (Å²) in [5.41, 5.74) is 1.67. The van der Waals surface area contributed by atoms with Crippen LogP contribution in [-0.4, -0.2) is 22.0 Å². The summed E-state index contributed by atoms with van der Waals surface area (Å²) in [6.07, 6.45) is 0. The summed E-state index contributed by atoms with van der Waals surface area (Å²) in [6, 6.07) is 7.25. The first-order chi connectivity index (χ1) is 7.57. The highest BCUT2D eigenvalue weighted by atomic mass is 32.2. The highest BCUT2D eigenvalue weighted by Gasteiger charge is 2.05. The van der Waals surface area contributed by atoms with Crippen LogP contribution >= 0.6 is 0 Å². The van der Waals surface area contributed by atoms with Crippen molar-refractivity contribution in [2.45, 2.75) is 13.5 Å². The maximum Gasteiger partial charge on any atom is 0.298 e. The molecular weight excluding hydrogens is 226 g/mol. The molecule has 0 heterocycles. The van der Waals surface area contributed by atoms with Crippen LogP contribution in [0.4, 0.5) is 5.69 Å². The Bertz CT molecular complexity index is 414. The second-order valence-electron chi connectivity index (χ2n) is 3.29. The Labute approximate surface area is 96.4 Å². The van der Waals surface area contributed by atoms with E-state index in [1.54, 1.807) is 12.1 Å². The van der Waals surface area contributed by atoms with E-state index in [0.29, 0.717) is 5.69 Å². The first kappa shape index (κ1) is 13.0. The topological polar surface area (TPSA) is 70.2 Å². The molecule has 3 N–H and O–H groups in total. The largest absolute Gasteiger partial charge is 0.313 e. The maximum atomic E-state index is 11.2. The molecule has 1 aromatic carbocycles. The lowest BCUT2D eigenvalue weighted by atomic mass is 10.2. The van der Waals surface area contributed by atoms with Gasteiger partial charge in [-0.3, -0.25) is 4.72 Å². The van der Waals surface area contributed by atoms with Gasteiger partial charge in [0.05, 0.1) is 0 Å². The number of nitrogens with one attached hydrogen (secondary N) is 3. The molecule has 0 atom stereocenters. The van der Waals surface area contributed by atoms with Crippen molar-refractivity contribution in [3.63, 3.8) is 0 Å². The van der Waals surface area contributed by atoms with Gasteiger partial charge in [0.15, 0.2) is 0 Å². The molecule has 0 radical (unpaired) electrons. The van der Waals surface area contributed by atoms with E-state index >= 15 is 0 Å². The molecule has 0 aromatic heterocycles.